The number of carbonyl (C=O) groups is 2. The monoisotopic (exact) mass is 683 g/mol. The van der Waals surface area contributed by atoms with Crippen LogP contribution in [0.2, 0.25) is 15.1 Å². The summed E-state index contributed by atoms with van der Waals surface area (Å²) in [5.74, 6) is 0.423. The quantitative estimate of drug-likeness (QED) is 0.158. The number of nitrogens with one attached hydrogen (secondary N) is 2. The number of aromatic nitrogens is 2. The second kappa shape index (κ2) is 15.1. The summed E-state index contributed by atoms with van der Waals surface area (Å²) in [7, 11) is 3.06. The molecular formula is C33H32Cl3N5O5. The number of hydrogen-bond donors (Lipinski definition) is 3. The molecule has 1 atom stereocenters. The van der Waals surface area contributed by atoms with Crippen LogP contribution in [0.4, 0.5) is 0 Å². The lowest BCUT2D eigenvalue weighted by molar-refractivity contribution is -0.143. The minimum absolute atomic E-state index is 0.0174. The minimum atomic E-state index is -0.515. The summed E-state index contributed by atoms with van der Waals surface area (Å²) in [5.41, 5.74) is 10.4. The summed E-state index contributed by atoms with van der Waals surface area (Å²) in [4.78, 5) is 32.3. The number of hydrogen-bond acceptors (Lipinski definition) is 9. The van der Waals surface area contributed by atoms with E-state index in [0.29, 0.717) is 91.0 Å². The first-order valence-corrected chi connectivity index (χ1v) is 15.6. The van der Waals surface area contributed by atoms with Gasteiger partial charge in [0.05, 0.1) is 47.2 Å². The van der Waals surface area contributed by atoms with E-state index in [1.807, 2.05) is 24.3 Å². The predicted octanol–water partition coefficient (Wildman–Crippen LogP) is 5.83. The molecule has 46 heavy (non-hydrogen) atoms. The highest BCUT2D eigenvalue weighted by molar-refractivity contribution is 6.39. The third-order valence-corrected chi connectivity index (χ3v) is 8.70. The molecule has 5 rings (SSSR count). The molecule has 0 spiro atoms. The number of pyridine rings is 2. The third kappa shape index (κ3) is 7.37. The molecule has 1 aliphatic heterocycles. The summed E-state index contributed by atoms with van der Waals surface area (Å²) in [6.07, 6.45) is 2.98. The van der Waals surface area contributed by atoms with Gasteiger partial charge in [0.1, 0.15) is 12.4 Å². The van der Waals surface area contributed by atoms with Crippen molar-refractivity contribution in [2.75, 3.05) is 27.3 Å². The lowest BCUT2D eigenvalue weighted by Crippen LogP contribution is -2.35. The van der Waals surface area contributed by atoms with E-state index in [-0.39, 0.29) is 25.1 Å². The molecule has 1 saturated heterocycles. The lowest BCUT2D eigenvalue weighted by Gasteiger charge is -2.17. The highest BCUT2D eigenvalue weighted by Gasteiger charge is 2.22. The van der Waals surface area contributed by atoms with Crippen molar-refractivity contribution < 1.29 is 23.8 Å². The van der Waals surface area contributed by atoms with Gasteiger partial charge in [0, 0.05) is 65.1 Å². The predicted molar refractivity (Wildman–Crippen MR) is 178 cm³/mol. The number of nitrogens with zero attached hydrogens (tertiary/aromatic N) is 2. The molecule has 0 radical (unpaired) electrons. The van der Waals surface area contributed by atoms with Crippen molar-refractivity contribution in [3.63, 3.8) is 0 Å². The Morgan fingerprint density at radius 2 is 1.83 bits per heavy atom. The molecule has 3 heterocycles. The van der Waals surface area contributed by atoms with E-state index in [2.05, 4.69) is 15.6 Å². The molecule has 13 heteroatoms. The number of ether oxygens (including phenoxy) is 3. The van der Waals surface area contributed by atoms with Gasteiger partial charge in [-0.1, -0.05) is 65.1 Å². The first-order valence-electron chi connectivity index (χ1n) is 14.4. The van der Waals surface area contributed by atoms with Crippen LogP contribution in [0.3, 0.4) is 0 Å². The zero-order valence-electron chi connectivity index (χ0n) is 25.2. The zero-order chi connectivity index (χ0) is 32.8. The summed E-state index contributed by atoms with van der Waals surface area (Å²) in [6.45, 7) is 0.828. The molecule has 0 unspecified atom stereocenters. The van der Waals surface area contributed by atoms with E-state index >= 15 is 0 Å². The van der Waals surface area contributed by atoms with Crippen molar-refractivity contribution in [3.05, 3.63) is 80.9 Å². The number of benzene rings is 2. The zero-order valence-corrected chi connectivity index (χ0v) is 27.4. The summed E-state index contributed by atoms with van der Waals surface area (Å²) in [6, 6.07) is 14.6. The highest BCUT2D eigenvalue weighted by atomic mass is 35.5. The Labute approximate surface area is 281 Å². The summed E-state index contributed by atoms with van der Waals surface area (Å²) in [5, 5.41) is 7.54. The van der Waals surface area contributed by atoms with Gasteiger partial charge in [-0.05, 0) is 24.6 Å². The number of methoxy groups -OCH3 is 2. The van der Waals surface area contributed by atoms with Gasteiger partial charge in [-0.25, -0.2) is 4.98 Å². The smallest absolute Gasteiger partial charge is 0.320 e. The molecule has 4 N–H and O–H groups in total. The van der Waals surface area contributed by atoms with Crippen molar-refractivity contribution in [2.24, 2.45) is 5.73 Å². The van der Waals surface area contributed by atoms with Crippen molar-refractivity contribution >= 4 is 46.7 Å². The molecule has 0 saturated carbocycles. The molecule has 240 valence electrons. The summed E-state index contributed by atoms with van der Waals surface area (Å²) < 4.78 is 16.3. The van der Waals surface area contributed by atoms with E-state index in [4.69, 9.17) is 59.7 Å². The largest absolute Gasteiger partial charge is 0.496 e. The number of rotatable bonds is 12. The molecule has 1 fully saturated rings. The Balaban J connectivity index is 1.43. The SMILES string of the molecule is COc1cc(-c2nccc(-c3cccc(-c4cc(Cl)c(CNC[C@@H]5CCC(=O)N5)c(OC)n4)c3Cl)c2Cl)ccc1COC(=O)CN. The molecular weight excluding hydrogens is 653 g/mol. The topological polar surface area (TPSA) is 138 Å². The second-order valence-electron chi connectivity index (χ2n) is 10.5. The Hall–Kier alpha value is -3.93. The van der Waals surface area contributed by atoms with Gasteiger partial charge in [0.2, 0.25) is 11.8 Å². The third-order valence-electron chi connectivity index (χ3n) is 7.57. The van der Waals surface area contributed by atoms with Crippen molar-refractivity contribution in [3.8, 4) is 45.3 Å². The van der Waals surface area contributed by atoms with Crippen molar-refractivity contribution in [1.82, 2.24) is 20.6 Å². The van der Waals surface area contributed by atoms with Gasteiger partial charge in [-0.3, -0.25) is 14.6 Å². The number of amides is 1. The standard InChI is InChI=1S/C33H32Cl3N5O5/c1-44-27-12-18(6-7-19(27)17-46-29(43)14-37)32-31(36)22(10-11-39-32)21-4-3-5-23(30(21)35)26-13-25(34)24(33(41-26)45-2)16-38-15-20-8-9-28(42)40-20/h3-7,10-13,20,38H,8-9,14-17,37H2,1-2H3,(H,40,42)/t20-/m0/s1. The molecule has 0 aliphatic carbocycles. The van der Waals surface area contributed by atoms with E-state index in [0.717, 1.165) is 6.42 Å². The number of nitrogens with two attached hydrogens (primary N) is 1. The molecule has 10 nitrogen and oxygen atoms in total. The van der Waals surface area contributed by atoms with Crippen LogP contribution in [0.1, 0.15) is 24.0 Å². The maximum atomic E-state index is 11.5. The molecule has 0 bridgehead atoms. The molecule has 1 amide bonds. The maximum Gasteiger partial charge on any atom is 0.320 e. The molecule has 1 aliphatic rings. The Bertz CT molecular complexity index is 1770. The fourth-order valence-corrected chi connectivity index (χ4v) is 6.10. The number of carbonyl (C=O) groups excluding carboxylic acids is 2. The minimum Gasteiger partial charge on any atom is -0.496 e. The Morgan fingerprint density at radius 1 is 1.04 bits per heavy atom. The van der Waals surface area contributed by atoms with Gasteiger partial charge < -0.3 is 30.6 Å². The summed E-state index contributed by atoms with van der Waals surface area (Å²) >= 11 is 20.7. The van der Waals surface area contributed by atoms with Gasteiger partial charge in [0.25, 0.3) is 0 Å². The average Bonchev–Trinajstić information content (AvgIpc) is 3.49. The Morgan fingerprint density at radius 3 is 2.54 bits per heavy atom. The van der Waals surface area contributed by atoms with Crippen LogP contribution in [-0.4, -0.2) is 55.2 Å². The fraction of sp³-hybridized carbons (Fsp3) is 0.273. The van der Waals surface area contributed by atoms with Crippen LogP contribution in [0.15, 0.2) is 54.7 Å². The highest BCUT2D eigenvalue weighted by Crippen LogP contribution is 2.43. The van der Waals surface area contributed by atoms with E-state index in [9.17, 15) is 9.59 Å². The molecule has 2 aromatic carbocycles. The van der Waals surface area contributed by atoms with Crippen LogP contribution >= 0.6 is 34.8 Å². The van der Waals surface area contributed by atoms with Gasteiger partial charge in [0.15, 0.2) is 0 Å². The molecule has 4 aromatic rings. The van der Waals surface area contributed by atoms with Crippen LogP contribution in [0.5, 0.6) is 11.6 Å². The van der Waals surface area contributed by atoms with Gasteiger partial charge in [-0.2, -0.15) is 0 Å². The van der Waals surface area contributed by atoms with E-state index in [1.165, 1.54) is 14.2 Å². The first kappa shape index (κ1) is 33.4. The lowest BCUT2D eigenvalue weighted by atomic mass is 9.99. The average molecular weight is 685 g/mol. The van der Waals surface area contributed by atoms with E-state index < -0.39 is 5.97 Å². The van der Waals surface area contributed by atoms with Crippen LogP contribution in [-0.2, 0) is 27.5 Å². The number of halogens is 3. The van der Waals surface area contributed by atoms with Crippen LogP contribution in [0, 0.1) is 0 Å². The Kier molecular flexibility index (Phi) is 11.0. The van der Waals surface area contributed by atoms with Gasteiger partial charge >= 0.3 is 5.97 Å². The van der Waals surface area contributed by atoms with Gasteiger partial charge in [-0.15, -0.1) is 0 Å². The van der Waals surface area contributed by atoms with E-state index in [1.54, 1.807) is 30.5 Å². The first-order chi connectivity index (χ1) is 22.2. The molecule has 2 aromatic heterocycles. The van der Waals surface area contributed by atoms with Crippen molar-refractivity contribution in [1.29, 1.82) is 0 Å². The normalized spacial score (nSPS) is 14.2. The fourth-order valence-electron chi connectivity index (χ4n) is 5.21. The van der Waals surface area contributed by atoms with Crippen LogP contribution in [0.25, 0.3) is 33.6 Å². The number of esters is 1. The maximum absolute atomic E-state index is 11.5. The van der Waals surface area contributed by atoms with Crippen molar-refractivity contribution in [2.45, 2.75) is 32.0 Å². The second-order valence-corrected chi connectivity index (χ2v) is 11.7. The van der Waals surface area contributed by atoms with Crippen LogP contribution < -0.4 is 25.8 Å².